The number of nitrogens with zero attached hydrogens (tertiary/aromatic N) is 1. The van der Waals surface area contributed by atoms with E-state index >= 15 is 0 Å². The standard InChI is InChI=1S/C12H18N2O3S/c1-17-6-11-13-9(7-18-11)12(16)14-8-4-2-3-5-10(8)15/h7-8,10,15H,2-6H2,1H3,(H,14,16). The van der Waals surface area contributed by atoms with Gasteiger partial charge in [0.25, 0.3) is 5.91 Å². The third kappa shape index (κ3) is 3.28. The molecule has 0 aliphatic heterocycles. The van der Waals surface area contributed by atoms with E-state index in [0.29, 0.717) is 12.3 Å². The molecule has 2 rings (SSSR count). The number of aromatic nitrogens is 1. The molecule has 2 N–H and O–H groups in total. The van der Waals surface area contributed by atoms with Crippen LogP contribution in [-0.2, 0) is 11.3 Å². The summed E-state index contributed by atoms with van der Waals surface area (Å²) in [6, 6.07) is -0.140. The van der Waals surface area contributed by atoms with Crippen molar-refractivity contribution in [2.75, 3.05) is 7.11 Å². The van der Waals surface area contributed by atoms with Crippen LogP contribution in [0.15, 0.2) is 5.38 Å². The number of hydrogen-bond donors (Lipinski definition) is 2. The smallest absolute Gasteiger partial charge is 0.271 e. The van der Waals surface area contributed by atoms with Crippen LogP contribution in [-0.4, -0.2) is 35.3 Å². The predicted molar refractivity (Wildman–Crippen MR) is 68.6 cm³/mol. The van der Waals surface area contributed by atoms with Gasteiger partial charge >= 0.3 is 0 Å². The molecule has 18 heavy (non-hydrogen) atoms. The van der Waals surface area contributed by atoms with Crippen molar-refractivity contribution in [2.24, 2.45) is 0 Å². The maximum atomic E-state index is 12.0. The van der Waals surface area contributed by atoms with Crippen LogP contribution in [0.25, 0.3) is 0 Å². The summed E-state index contributed by atoms with van der Waals surface area (Å²) >= 11 is 1.41. The van der Waals surface area contributed by atoms with E-state index in [2.05, 4.69) is 10.3 Å². The molecule has 5 nitrogen and oxygen atoms in total. The first kappa shape index (κ1) is 13.5. The van der Waals surface area contributed by atoms with Crippen molar-refractivity contribution in [3.8, 4) is 0 Å². The topological polar surface area (TPSA) is 71.5 Å². The monoisotopic (exact) mass is 270 g/mol. The highest BCUT2D eigenvalue weighted by atomic mass is 32.1. The molecule has 1 aliphatic carbocycles. The highest BCUT2D eigenvalue weighted by molar-refractivity contribution is 7.09. The molecule has 1 aromatic heterocycles. The number of rotatable bonds is 4. The Morgan fingerprint density at radius 3 is 3.11 bits per heavy atom. The third-order valence-electron chi connectivity index (χ3n) is 3.10. The predicted octanol–water partition coefficient (Wildman–Crippen LogP) is 1.32. The SMILES string of the molecule is COCc1nc(C(=O)NC2CCCCC2O)cs1. The van der Waals surface area contributed by atoms with Crippen molar-refractivity contribution >= 4 is 17.2 Å². The first-order valence-corrected chi connectivity index (χ1v) is 7.01. The van der Waals surface area contributed by atoms with Gasteiger partial charge in [0.1, 0.15) is 10.7 Å². The van der Waals surface area contributed by atoms with Gasteiger partial charge in [-0.3, -0.25) is 4.79 Å². The van der Waals surface area contributed by atoms with E-state index in [4.69, 9.17) is 4.74 Å². The van der Waals surface area contributed by atoms with E-state index in [1.165, 1.54) is 11.3 Å². The molecule has 100 valence electrons. The summed E-state index contributed by atoms with van der Waals surface area (Å²) in [4.78, 5) is 16.1. The van der Waals surface area contributed by atoms with Gasteiger partial charge in [-0.05, 0) is 12.8 Å². The molecular formula is C12H18N2O3S. The quantitative estimate of drug-likeness (QED) is 0.865. The van der Waals surface area contributed by atoms with Gasteiger partial charge in [0.2, 0.25) is 0 Å². The third-order valence-corrected chi connectivity index (χ3v) is 3.92. The summed E-state index contributed by atoms with van der Waals surface area (Å²) in [5.74, 6) is -0.209. The van der Waals surface area contributed by atoms with Crippen LogP contribution in [0.3, 0.4) is 0 Å². The fourth-order valence-electron chi connectivity index (χ4n) is 2.13. The lowest BCUT2D eigenvalue weighted by molar-refractivity contribution is 0.0714. The van der Waals surface area contributed by atoms with Gasteiger partial charge in [0, 0.05) is 12.5 Å². The first-order chi connectivity index (χ1) is 8.70. The van der Waals surface area contributed by atoms with Gasteiger partial charge in [-0.1, -0.05) is 12.8 Å². The van der Waals surface area contributed by atoms with Gasteiger partial charge in [-0.25, -0.2) is 4.98 Å². The number of aliphatic hydroxyl groups is 1. The van der Waals surface area contributed by atoms with E-state index < -0.39 is 6.10 Å². The van der Waals surface area contributed by atoms with Gasteiger partial charge in [-0.2, -0.15) is 0 Å². The van der Waals surface area contributed by atoms with E-state index in [0.717, 1.165) is 30.7 Å². The number of amides is 1. The average Bonchev–Trinajstić information content (AvgIpc) is 2.81. The minimum Gasteiger partial charge on any atom is -0.391 e. The Bertz CT molecular complexity index is 408. The number of carbonyl (C=O) groups is 1. The Morgan fingerprint density at radius 2 is 2.39 bits per heavy atom. The molecule has 0 saturated heterocycles. The van der Waals surface area contributed by atoms with Crippen molar-refractivity contribution < 1.29 is 14.6 Å². The second-order valence-electron chi connectivity index (χ2n) is 4.49. The van der Waals surface area contributed by atoms with Crippen molar-refractivity contribution in [1.82, 2.24) is 10.3 Å². The van der Waals surface area contributed by atoms with Gasteiger partial charge < -0.3 is 15.2 Å². The summed E-state index contributed by atoms with van der Waals surface area (Å²) in [5.41, 5.74) is 0.407. The van der Waals surface area contributed by atoms with Crippen LogP contribution in [0.4, 0.5) is 0 Å². The summed E-state index contributed by atoms with van der Waals surface area (Å²) in [6.45, 7) is 0.421. The molecule has 1 aromatic rings. The summed E-state index contributed by atoms with van der Waals surface area (Å²) < 4.78 is 4.96. The highest BCUT2D eigenvalue weighted by Crippen LogP contribution is 2.19. The zero-order chi connectivity index (χ0) is 13.0. The zero-order valence-corrected chi connectivity index (χ0v) is 11.2. The maximum Gasteiger partial charge on any atom is 0.271 e. The van der Waals surface area contributed by atoms with Gasteiger partial charge in [-0.15, -0.1) is 11.3 Å². The van der Waals surface area contributed by atoms with Crippen LogP contribution in [0.2, 0.25) is 0 Å². The van der Waals surface area contributed by atoms with Gasteiger partial charge in [0.05, 0.1) is 18.8 Å². The van der Waals surface area contributed by atoms with E-state index in [-0.39, 0.29) is 11.9 Å². The van der Waals surface area contributed by atoms with Crippen LogP contribution in [0, 0.1) is 0 Å². The normalized spacial score (nSPS) is 23.9. The lowest BCUT2D eigenvalue weighted by Crippen LogP contribution is -2.45. The van der Waals surface area contributed by atoms with Crippen LogP contribution in [0.5, 0.6) is 0 Å². The highest BCUT2D eigenvalue weighted by Gasteiger charge is 2.25. The number of ether oxygens (including phenoxy) is 1. The lowest BCUT2D eigenvalue weighted by Gasteiger charge is -2.27. The molecule has 6 heteroatoms. The van der Waals surface area contributed by atoms with Crippen LogP contribution < -0.4 is 5.32 Å². The number of methoxy groups -OCH3 is 1. The second-order valence-corrected chi connectivity index (χ2v) is 5.43. The molecule has 2 unspecified atom stereocenters. The average molecular weight is 270 g/mol. The number of thiazole rings is 1. The number of carbonyl (C=O) groups excluding carboxylic acids is 1. The Hall–Kier alpha value is -0.980. The molecule has 1 amide bonds. The van der Waals surface area contributed by atoms with Crippen LogP contribution >= 0.6 is 11.3 Å². The molecule has 0 bridgehead atoms. The summed E-state index contributed by atoms with van der Waals surface area (Å²) in [7, 11) is 1.60. The Kier molecular flexibility index (Phi) is 4.68. The van der Waals surface area contributed by atoms with Gasteiger partial charge in [0.15, 0.2) is 0 Å². The van der Waals surface area contributed by atoms with Crippen molar-refractivity contribution in [3.05, 3.63) is 16.1 Å². The molecule has 1 heterocycles. The largest absolute Gasteiger partial charge is 0.391 e. The maximum absolute atomic E-state index is 12.0. The molecule has 2 atom stereocenters. The van der Waals surface area contributed by atoms with Crippen molar-refractivity contribution in [2.45, 2.75) is 44.4 Å². The zero-order valence-electron chi connectivity index (χ0n) is 10.4. The molecule has 0 aromatic carbocycles. The lowest BCUT2D eigenvalue weighted by atomic mass is 9.92. The van der Waals surface area contributed by atoms with E-state index in [1.54, 1.807) is 12.5 Å². The molecule has 0 spiro atoms. The van der Waals surface area contributed by atoms with E-state index in [1.807, 2.05) is 0 Å². The van der Waals surface area contributed by atoms with E-state index in [9.17, 15) is 9.90 Å². The summed E-state index contributed by atoms with van der Waals surface area (Å²) in [6.07, 6.45) is 3.24. The Morgan fingerprint density at radius 1 is 1.61 bits per heavy atom. The fourth-order valence-corrected chi connectivity index (χ4v) is 2.87. The number of aliphatic hydroxyl groups excluding tert-OH is 1. The molecular weight excluding hydrogens is 252 g/mol. The molecule has 1 fully saturated rings. The minimum absolute atomic E-state index is 0.140. The summed E-state index contributed by atoms with van der Waals surface area (Å²) in [5, 5.41) is 15.2. The fraction of sp³-hybridized carbons (Fsp3) is 0.667. The second kappa shape index (κ2) is 6.26. The molecule has 0 radical (unpaired) electrons. The minimum atomic E-state index is -0.431. The first-order valence-electron chi connectivity index (χ1n) is 6.13. The molecule has 1 aliphatic rings. The van der Waals surface area contributed by atoms with Crippen LogP contribution in [0.1, 0.15) is 41.2 Å². The Balaban J connectivity index is 1.93. The Labute approximate surface area is 110 Å². The number of nitrogens with one attached hydrogen (secondary N) is 1. The van der Waals surface area contributed by atoms with Crippen molar-refractivity contribution in [3.63, 3.8) is 0 Å². The van der Waals surface area contributed by atoms with Crippen molar-refractivity contribution in [1.29, 1.82) is 0 Å². The molecule has 1 saturated carbocycles. The number of hydrogen-bond acceptors (Lipinski definition) is 5.